The Balaban J connectivity index is 2.01. The minimum Gasteiger partial charge on any atom is -0.408 e. The molecule has 7 heteroatoms. The van der Waals surface area contributed by atoms with E-state index in [-0.39, 0.29) is 10.5 Å². The molecule has 0 radical (unpaired) electrons. The highest BCUT2D eigenvalue weighted by atomic mass is 32.2. The van der Waals surface area contributed by atoms with Crippen molar-refractivity contribution in [3.63, 3.8) is 0 Å². The SMILES string of the molecule is CCn1c(=O)oc2cc(S(=O)(=O)Nc3ccc(C)c(C)c3)ccc21. The highest BCUT2D eigenvalue weighted by Crippen LogP contribution is 2.22. The Morgan fingerprint density at radius 3 is 2.50 bits per heavy atom. The molecule has 6 nitrogen and oxygen atoms in total. The second-order valence-corrected chi connectivity index (χ2v) is 7.33. The molecule has 3 rings (SSSR count). The van der Waals surface area contributed by atoms with Crippen molar-refractivity contribution in [2.24, 2.45) is 0 Å². The lowest BCUT2D eigenvalue weighted by Gasteiger charge is -2.10. The molecule has 24 heavy (non-hydrogen) atoms. The van der Waals surface area contributed by atoms with Gasteiger partial charge in [-0.05, 0) is 56.2 Å². The van der Waals surface area contributed by atoms with Gasteiger partial charge in [0.1, 0.15) is 0 Å². The molecule has 1 aromatic heterocycles. The third kappa shape index (κ3) is 2.82. The number of oxazole rings is 1. The Morgan fingerprint density at radius 2 is 1.83 bits per heavy atom. The number of nitrogens with one attached hydrogen (secondary N) is 1. The summed E-state index contributed by atoms with van der Waals surface area (Å²) in [5.41, 5.74) is 3.40. The number of hydrogen-bond donors (Lipinski definition) is 1. The lowest BCUT2D eigenvalue weighted by atomic mass is 10.1. The van der Waals surface area contributed by atoms with E-state index in [1.165, 1.54) is 16.7 Å². The van der Waals surface area contributed by atoms with E-state index in [1.807, 2.05) is 26.8 Å². The maximum absolute atomic E-state index is 12.6. The van der Waals surface area contributed by atoms with E-state index >= 15 is 0 Å². The molecule has 126 valence electrons. The molecule has 2 aromatic carbocycles. The fraction of sp³-hybridized carbons (Fsp3) is 0.235. The van der Waals surface area contributed by atoms with Crippen LogP contribution < -0.4 is 10.5 Å². The first-order chi connectivity index (χ1) is 11.3. The summed E-state index contributed by atoms with van der Waals surface area (Å²) in [6, 6.07) is 9.76. The average Bonchev–Trinajstić information content (AvgIpc) is 2.84. The van der Waals surface area contributed by atoms with Crippen LogP contribution in [0.25, 0.3) is 11.1 Å². The average molecular weight is 346 g/mol. The molecule has 0 amide bonds. The molecule has 0 unspecified atom stereocenters. The van der Waals surface area contributed by atoms with Crippen molar-refractivity contribution in [1.29, 1.82) is 0 Å². The first kappa shape index (κ1) is 16.3. The van der Waals surface area contributed by atoms with Gasteiger partial charge in [-0.1, -0.05) is 6.07 Å². The summed E-state index contributed by atoms with van der Waals surface area (Å²) < 4.78 is 34.3. The van der Waals surface area contributed by atoms with Crippen molar-refractivity contribution in [1.82, 2.24) is 4.57 Å². The minimum absolute atomic E-state index is 0.0465. The van der Waals surface area contributed by atoms with Crippen molar-refractivity contribution >= 4 is 26.8 Å². The Hall–Kier alpha value is -2.54. The summed E-state index contributed by atoms with van der Waals surface area (Å²) in [6.07, 6.45) is 0. The third-order valence-electron chi connectivity index (χ3n) is 4.03. The summed E-state index contributed by atoms with van der Waals surface area (Å²) in [4.78, 5) is 11.8. The van der Waals surface area contributed by atoms with Crippen molar-refractivity contribution in [2.45, 2.75) is 32.2 Å². The van der Waals surface area contributed by atoms with Crippen LogP contribution in [0.15, 0.2) is 50.5 Å². The van der Waals surface area contributed by atoms with Gasteiger partial charge in [-0.15, -0.1) is 0 Å². The molecule has 0 atom stereocenters. The predicted octanol–water partition coefficient (Wildman–Crippen LogP) is 3.03. The van der Waals surface area contributed by atoms with Gasteiger partial charge in [0.2, 0.25) is 0 Å². The summed E-state index contributed by atoms with van der Waals surface area (Å²) in [5, 5.41) is 0. The number of fused-ring (bicyclic) bond motifs is 1. The van der Waals surface area contributed by atoms with Crippen molar-refractivity contribution in [3.05, 3.63) is 58.1 Å². The zero-order valence-corrected chi connectivity index (χ0v) is 14.5. The second kappa shape index (κ2) is 5.83. The van der Waals surface area contributed by atoms with Crippen LogP contribution in [0.3, 0.4) is 0 Å². The highest BCUT2D eigenvalue weighted by molar-refractivity contribution is 7.92. The highest BCUT2D eigenvalue weighted by Gasteiger charge is 2.17. The topological polar surface area (TPSA) is 81.3 Å². The predicted molar refractivity (Wildman–Crippen MR) is 92.9 cm³/mol. The van der Waals surface area contributed by atoms with Crippen LogP contribution in [0.4, 0.5) is 5.69 Å². The molecule has 0 aliphatic rings. The summed E-state index contributed by atoms with van der Waals surface area (Å²) >= 11 is 0. The van der Waals surface area contributed by atoms with E-state index in [4.69, 9.17) is 4.42 Å². The van der Waals surface area contributed by atoms with E-state index in [2.05, 4.69) is 4.72 Å². The van der Waals surface area contributed by atoms with Gasteiger partial charge >= 0.3 is 5.76 Å². The van der Waals surface area contributed by atoms with Crippen molar-refractivity contribution in [3.8, 4) is 0 Å². The van der Waals surface area contributed by atoms with Gasteiger partial charge in [0, 0.05) is 18.3 Å². The molecular formula is C17H18N2O4S. The Kier molecular flexibility index (Phi) is 3.96. The van der Waals surface area contributed by atoms with Gasteiger partial charge in [0.05, 0.1) is 10.4 Å². The van der Waals surface area contributed by atoms with Gasteiger partial charge in [0.15, 0.2) is 5.58 Å². The molecule has 0 saturated carbocycles. The third-order valence-corrected chi connectivity index (χ3v) is 5.40. The molecule has 1 N–H and O–H groups in total. The molecule has 0 saturated heterocycles. The molecule has 0 spiro atoms. The van der Waals surface area contributed by atoms with Gasteiger partial charge in [0.25, 0.3) is 10.0 Å². The fourth-order valence-corrected chi connectivity index (χ4v) is 3.60. The van der Waals surface area contributed by atoms with Gasteiger partial charge < -0.3 is 4.42 Å². The smallest absolute Gasteiger partial charge is 0.408 e. The van der Waals surface area contributed by atoms with Crippen LogP contribution in [0.2, 0.25) is 0 Å². The van der Waals surface area contributed by atoms with E-state index < -0.39 is 15.8 Å². The van der Waals surface area contributed by atoms with Crippen molar-refractivity contribution in [2.75, 3.05) is 4.72 Å². The van der Waals surface area contributed by atoms with Crippen LogP contribution in [0.5, 0.6) is 0 Å². The molecule has 0 aliphatic carbocycles. The number of rotatable bonds is 4. The second-order valence-electron chi connectivity index (χ2n) is 5.65. The molecule has 0 bridgehead atoms. The number of sulfonamides is 1. The Labute approximate surface area is 139 Å². The monoisotopic (exact) mass is 346 g/mol. The number of aryl methyl sites for hydroxylation is 3. The van der Waals surface area contributed by atoms with Crippen LogP contribution in [-0.4, -0.2) is 13.0 Å². The van der Waals surface area contributed by atoms with Crippen LogP contribution >= 0.6 is 0 Å². The number of anilines is 1. The zero-order chi connectivity index (χ0) is 17.5. The summed E-state index contributed by atoms with van der Waals surface area (Å²) in [6.45, 7) is 6.16. The Morgan fingerprint density at radius 1 is 1.08 bits per heavy atom. The molecule has 0 aliphatic heterocycles. The summed E-state index contributed by atoms with van der Waals surface area (Å²) in [5.74, 6) is -0.496. The maximum Gasteiger partial charge on any atom is 0.419 e. The molecular weight excluding hydrogens is 328 g/mol. The van der Waals surface area contributed by atoms with Crippen molar-refractivity contribution < 1.29 is 12.8 Å². The van der Waals surface area contributed by atoms with Gasteiger partial charge in [-0.2, -0.15) is 0 Å². The van der Waals surface area contributed by atoms with E-state index in [1.54, 1.807) is 18.2 Å². The van der Waals surface area contributed by atoms with Gasteiger partial charge in [-0.3, -0.25) is 9.29 Å². The van der Waals surface area contributed by atoms with Crippen LogP contribution in [0.1, 0.15) is 18.1 Å². The van der Waals surface area contributed by atoms with E-state index in [9.17, 15) is 13.2 Å². The van der Waals surface area contributed by atoms with E-state index in [0.29, 0.717) is 17.7 Å². The number of aromatic nitrogens is 1. The van der Waals surface area contributed by atoms with Crippen LogP contribution in [0, 0.1) is 13.8 Å². The first-order valence-electron chi connectivity index (χ1n) is 7.55. The lowest BCUT2D eigenvalue weighted by Crippen LogP contribution is -2.13. The number of hydrogen-bond acceptors (Lipinski definition) is 4. The number of benzene rings is 2. The lowest BCUT2D eigenvalue weighted by molar-refractivity contribution is 0.512. The van der Waals surface area contributed by atoms with Crippen LogP contribution in [-0.2, 0) is 16.6 Å². The van der Waals surface area contributed by atoms with Gasteiger partial charge in [-0.25, -0.2) is 13.2 Å². The zero-order valence-electron chi connectivity index (χ0n) is 13.7. The minimum atomic E-state index is -3.77. The standard InChI is InChI=1S/C17H18N2O4S/c1-4-19-15-8-7-14(10-16(15)23-17(19)20)24(21,22)18-13-6-5-11(2)12(3)9-13/h5-10,18H,4H2,1-3H3. The maximum atomic E-state index is 12.6. The largest absolute Gasteiger partial charge is 0.419 e. The first-order valence-corrected chi connectivity index (χ1v) is 9.03. The fourth-order valence-electron chi connectivity index (χ4n) is 2.53. The van der Waals surface area contributed by atoms with E-state index in [0.717, 1.165) is 11.1 Å². The molecule has 0 fully saturated rings. The summed E-state index contributed by atoms with van der Waals surface area (Å²) in [7, 11) is -3.77. The molecule has 1 heterocycles. The quantitative estimate of drug-likeness (QED) is 0.787. The normalized spacial score (nSPS) is 11.8. The number of nitrogens with zero attached hydrogens (tertiary/aromatic N) is 1. The Bertz CT molecular complexity index is 1080. The molecule has 3 aromatic rings.